The Balaban J connectivity index is 1.72. The fourth-order valence-electron chi connectivity index (χ4n) is 4.71. The first-order valence-electron chi connectivity index (χ1n) is 11.5. The van der Waals surface area contributed by atoms with Crippen LogP contribution < -0.4 is 10.4 Å². The third-order valence-corrected chi connectivity index (χ3v) is 15.4. The molecular weight excluding hydrogens is 437 g/mol. The van der Waals surface area contributed by atoms with Crippen molar-refractivity contribution in [3.8, 4) is 0 Å². The van der Waals surface area contributed by atoms with Gasteiger partial charge >= 0.3 is 0 Å². The minimum absolute atomic E-state index is 0.0157. The minimum Gasteiger partial charge on any atom is -0.407 e. The molecule has 0 saturated carbocycles. The fourth-order valence-corrected chi connectivity index (χ4v) is 13.0. The number of benzene rings is 2. The summed E-state index contributed by atoms with van der Waals surface area (Å²) in [7, 11) is -3.19. The Morgan fingerprint density at radius 2 is 1.55 bits per heavy atom. The molecule has 1 aliphatic rings. The Bertz CT molecular complexity index is 807. The molecule has 2 nitrogen and oxygen atoms in total. The lowest BCUT2D eigenvalue weighted by molar-refractivity contribution is 0.286. The van der Waals surface area contributed by atoms with Gasteiger partial charge in [0.1, 0.15) is 0 Å². The van der Waals surface area contributed by atoms with Crippen molar-refractivity contribution in [2.24, 2.45) is 0 Å². The van der Waals surface area contributed by atoms with Crippen LogP contribution >= 0.6 is 11.8 Å². The van der Waals surface area contributed by atoms with Gasteiger partial charge in [-0.2, -0.15) is 0 Å². The van der Waals surface area contributed by atoms with Gasteiger partial charge in [-0.05, 0) is 54.3 Å². The van der Waals surface area contributed by atoms with Crippen LogP contribution in [0.3, 0.4) is 0 Å². The van der Waals surface area contributed by atoms with E-state index >= 15 is 0 Å². The van der Waals surface area contributed by atoms with Crippen LogP contribution in [0.25, 0.3) is 0 Å². The maximum Gasteiger partial charge on any atom is 0.261 e. The third kappa shape index (κ3) is 5.55. The van der Waals surface area contributed by atoms with Gasteiger partial charge in [-0.3, -0.25) is 4.21 Å². The second kappa shape index (κ2) is 10.4. The molecule has 0 amide bonds. The van der Waals surface area contributed by atoms with Gasteiger partial charge in [0.15, 0.2) is 0 Å². The molecule has 0 N–H and O–H groups in total. The number of hydrogen-bond acceptors (Lipinski definition) is 3. The summed E-state index contributed by atoms with van der Waals surface area (Å²) in [6.07, 6.45) is 4.22. The van der Waals surface area contributed by atoms with E-state index in [1.54, 1.807) is 0 Å². The normalized spacial score (nSPS) is 21.7. The van der Waals surface area contributed by atoms with Gasteiger partial charge in [-0.15, -0.1) is 11.8 Å². The second-order valence-corrected chi connectivity index (χ2v) is 18.5. The van der Waals surface area contributed by atoms with E-state index in [-0.39, 0.29) is 9.12 Å². The lowest BCUT2D eigenvalue weighted by Crippen LogP contribution is -2.66. The molecule has 1 aliphatic heterocycles. The van der Waals surface area contributed by atoms with Crippen molar-refractivity contribution in [1.82, 2.24) is 0 Å². The maximum atomic E-state index is 12.8. The molecule has 31 heavy (non-hydrogen) atoms. The standard InChI is InChI=1S/C26H38O2S2Si/c1-25(2,3)31(23-15-8-6-9-16-23,24-17-10-7-11-18-24)28-20-13-12-14-22-19-21-29-26(4,5)30(22)27/h6-11,15-18,22H,12-14,19-21H2,1-5H3. The number of rotatable bonds is 8. The summed E-state index contributed by atoms with van der Waals surface area (Å²) in [5.74, 6) is 1.13. The first kappa shape index (κ1) is 24.8. The van der Waals surface area contributed by atoms with Crippen LogP contribution in [-0.4, -0.2) is 34.2 Å². The van der Waals surface area contributed by atoms with Gasteiger partial charge < -0.3 is 4.43 Å². The van der Waals surface area contributed by atoms with E-state index < -0.39 is 19.1 Å². The van der Waals surface area contributed by atoms with Gasteiger partial charge in [0.05, 0.1) is 4.08 Å². The van der Waals surface area contributed by atoms with Crippen molar-refractivity contribution in [1.29, 1.82) is 0 Å². The highest BCUT2D eigenvalue weighted by molar-refractivity contribution is 8.13. The summed E-state index contributed by atoms with van der Waals surface area (Å²) in [5, 5.41) is 3.02. The van der Waals surface area contributed by atoms with E-state index in [0.29, 0.717) is 5.25 Å². The summed E-state index contributed by atoms with van der Waals surface area (Å²) < 4.78 is 19.7. The summed E-state index contributed by atoms with van der Waals surface area (Å²) >= 11 is 1.86. The van der Waals surface area contributed by atoms with Gasteiger partial charge in [0.25, 0.3) is 8.32 Å². The molecule has 2 atom stereocenters. The molecule has 1 fully saturated rings. The fraction of sp³-hybridized carbons (Fsp3) is 0.538. The van der Waals surface area contributed by atoms with Crippen LogP contribution in [0, 0.1) is 0 Å². The predicted octanol–water partition coefficient (Wildman–Crippen LogP) is 5.72. The SMILES string of the molecule is CC1(C)SCCC(CCCCO[Si](c2ccccc2)(c2ccccc2)C(C)(C)C)S1=O. The van der Waals surface area contributed by atoms with Crippen molar-refractivity contribution < 1.29 is 8.63 Å². The summed E-state index contributed by atoms with van der Waals surface area (Å²) in [4.78, 5) is 0. The molecule has 0 radical (unpaired) electrons. The number of thioether (sulfide) groups is 1. The molecule has 0 spiro atoms. The Kier molecular flexibility index (Phi) is 8.28. The van der Waals surface area contributed by atoms with Crippen LogP contribution in [0.2, 0.25) is 5.04 Å². The maximum absolute atomic E-state index is 12.8. The summed E-state index contributed by atoms with van der Waals surface area (Å²) in [6.45, 7) is 12.0. The van der Waals surface area contributed by atoms with Gasteiger partial charge in [-0.25, -0.2) is 0 Å². The third-order valence-electron chi connectivity index (χ3n) is 6.33. The van der Waals surface area contributed by atoms with Crippen molar-refractivity contribution in [2.45, 2.75) is 74.7 Å². The van der Waals surface area contributed by atoms with E-state index in [1.165, 1.54) is 10.4 Å². The summed E-state index contributed by atoms with van der Waals surface area (Å²) in [6, 6.07) is 21.7. The van der Waals surface area contributed by atoms with Crippen LogP contribution in [-0.2, 0) is 15.2 Å². The van der Waals surface area contributed by atoms with Crippen LogP contribution in [0.15, 0.2) is 60.7 Å². The van der Waals surface area contributed by atoms with E-state index in [9.17, 15) is 4.21 Å². The molecule has 0 bridgehead atoms. The minimum atomic E-state index is -2.44. The van der Waals surface area contributed by atoms with Gasteiger partial charge in [0, 0.05) is 22.7 Å². The largest absolute Gasteiger partial charge is 0.407 e. The zero-order valence-corrected chi connectivity index (χ0v) is 22.4. The van der Waals surface area contributed by atoms with Crippen molar-refractivity contribution in [2.75, 3.05) is 12.4 Å². The molecule has 0 aromatic heterocycles. The zero-order valence-electron chi connectivity index (χ0n) is 19.7. The highest BCUT2D eigenvalue weighted by Gasteiger charge is 2.50. The topological polar surface area (TPSA) is 26.3 Å². The number of hydrogen-bond donors (Lipinski definition) is 0. The quantitative estimate of drug-likeness (QED) is 0.361. The van der Waals surface area contributed by atoms with E-state index in [1.807, 2.05) is 11.8 Å². The average molecular weight is 475 g/mol. The second-order valence-electron chi connectivity index (χ2n) is 9.96. The van der Waals surface area contributed by atoms with Crippen LogP contribution in [0.4, 0.5) is 0 Å². The van der Waals surface area contributed by atoms with Crippen molar-refractivity contribution in [3.05, 3.63) is 60.7 Å². The molecule has 1 heterocycles. The highest BCUT2D eigenvalue weighted by atomic mass is 32.2. The lowest BCUT2D eigenvalue weighted by atomic mass is 10.1. The monoisotopic (exact) mass is 474 g/mol. The predicted molar refractivity (Wildman–Crippen MR) is 141 cm³/mol. The molecule has 3 rings (SSSR count). The first-order chi connectivity index (χ1) is 14.7. The first-order valence-corrected chi connectivity index (χ1v) is 15.6. The Morgan fingerprint density at radius 1 is 1.00 bits per heavy atom. The van der Waals surface area contributed by atoms with Crippen LogP contribution in [0.1, 0.15) is 60.3 Å². The Labute approximate surface area is 197 Å². The lowest BCUT2D eigenvalue weighted by Gasteiger charge is -2.43. The molecule has 0 aliphatic carbocycles. The molecule has 1 saturated heterocycles. The van der Waals surface area contributed by atoms with Gasteiger partial charge in [-0.1, -0.05) is 87.9 Å². The molecule has 5 heteroatoms. The van der Waals surface area contributed by atoms with E-state index in [4.69, 9.17) is 4.43 Å². The average Bonchev–Trinajstić information content (AvgIpc) is 2.74. The smallest absolute Gasteiger partial charge is 0.261 e. The Hall–Kier alpha value is -0.883. The number of unbranched alkanes of at least 4 members (excludes halogenated alkanes) is 1. The molecule has 2 aromatic rings. The Morgan fingerprint density at radius 3 is 2.06 bits per heavy atom. The van der Waals surface area contributed by atoms with Crippen molar-refractivity contribution in [3.63, 3.8) is 0 Å². The van der Waals surface area contributed by atoms with Crippen LogP contribution in [0.5, 0.6) is 0 Å². The molecule has 2 aromatic carbocycles. The van der Waals surface area contributed by atoms with Gasteiger partial charge in [0.2, 0.25) is 0 Å². The van der Waals surface area contributed by atoms with E-state index in [0.717, 1.165) is 38.0 Å². The zero-order chi connectivity index (χ0) is 22.5. The van der Waals surface area contributed by atoms with Crippen molar-refractivity contribution >= 4 is 41.3 Å². The van der Waals surface area contributed by atoms with E-state index in [2.05, 4.69) is 95.3 Å². The summed E-state index contributed by atoms with van der Waals surface area (Å²) in [5.41, 5.74) is 0. The molecule has 2 unspecified atom stereocenters. The highest BCUT2D eigenvalue weighted by Crippen LogP contribution is 2.39. The molecule has 170 valence electrons. The molecular formula is C26H38O2S2Si.